The summed E-state index contributed by atoms with van der Waals surface area (Å²) in [5.41, 5.74) is -0.282. The van der Waals surface area contributed by atoms with Crippen molar-refractivity contribution >= 4 is 21.8 Å². The Balaban J connectivity index is 0.959. The lowest BCUT2D eigenvalue weighted by Gasteiger charge is -2.75. The SMILES string of the molecule is C[C@H](F)[C@@H](CN[C@]12CC[C@@H](C3(C)CC3)[C@@H]1[C@H]1CC[C@@H]3[C@]4(C)CC[C@H]([C@@]5(C(=O)O)C[C@@H](C(=O)OCc6ccccc6)C5(C)C)C(C)(C)[C@H]4CC[C@@]3(C)[C@]1(C)CC2)N1CCS(=O)(=O)CC1. The van der Waals surface area contributed by atoms with E-state index in [1.165, 1.54) is 38.5 Å². The van der Waals surface area contributed by atoms with Gasteiger partial charge in [0.15, 0.2) is 9.84 Å². The van der Waals surface area contributed by atoms with Crippen LogP contribution in [0.4, 0.5) is 4.39 Å². The number of nitrogens with one attached hydrogen (secondary N) is 1. The highest BCUT2D eigenvalue weighted by atomic mass is 32.2. The third-order valence-electron chi connectivity index (χ3n) is 22.5. The van der Waals surface area contributed by atoms with Gasteiger partial charge in [-0.15, -0.1) is 0 Å². The number of ether oxygens (including phenoxy) is 1. The molecule has 0 aromatic heterocycles. The van der Waals surface area contributed by atoms with Crippen LogP contribution >= 0.6 is 0 Å². The van der Waals surface area contributed by atoms with E-state index < -0.39 is 38.7 Å². The van der Waals surface area contributed by atoms with Gasteiger partial charge >= 0.3 is 11.9 Å². The number of aliphatic carboxylic acids is 1. The summed E-state index contributed by atoms with van der Waals surface area (Å²) in [6, 6.07) is 9.39. The van der Waals surface area contributed by atoms with Gasteiger partial charge < -0.3 is 15.2 Å². The van der Waals surface area contributed by atoms with Crippen molar-refractivity contribution in [3.8, 4) is 0 Å². The van der Waals surface area contributed by atoms with E-state index in [4.69, 9.17) is 4.74 Å². The topological polar surface area (TPSA) is 113 Å². The molecule has 0 bridgehead atoms. The number of nitrogens with zero attached hydrogens (tertiary/aromatic N) is 1. The Hall–Kier alpha value is -2.04. The number of carboxylic acid groups (broad SMARTS) is 1. The fourth-order valence-corrected chi connectivity index (χ4v) is 19.6. The number of carbonyl (C=O) groups excluding carboxylic acids is 1. The molecule has 8 fully saturated rings. The van der Waals surface area contributed by atoms with Crippen LogP contribution in [0.15, 0.2) is 30.3 Å². The molecule has 0 unspecified atom stereocenters. The van der Waals surface area contributed by atoms with Gasteiger partial charge in [-0.3, -0.25) is 14.5 Å². The molecule has 0 amide bonds. The number of esters is 1. The van der Waals surface area contributed by atoms with Crippen LogP contribution in [0.25, 0.3) is 0 Å². The summed E-state index contributed by atoms with van der Waals surface area (Å²) in [5, 5.41) is 15.5. The predicted octanol–water partition coefficient (Wildman–Crippen LogP) is 10.1. The van der Waals surface area contributed by atoms with Crippen LogP contribution in [-0.4, -0.2) is 79.3 Å². The molecule has 1 aromatic carbocycles. The van der Waals surface area contributed by atoms with Crippen LogP contribution in [-0.2, 0) is 30.8 Å². The van der Waals surface area contributed by atoms with E-state index in [9.17, 15) is 23.1 Å². The normalized spacial score (nSPS) is 45.2. The Labute approximate surface area is 379 Å². The number of hydrogen-bond donors (Lipinski definition) is 2. The molecule has 1 saturated heterocycles. The molecule has 63 heavy (non-hydrogen) atoms. The minimum absolute atomic E-state index is 0.0215. The van der Waals surface area contributed by atoms with Crippen molar-refractivity contribution in [2.45, 2.75) is 170 Å². The monoisotopic (exact) mass is 893 g/mol. The molecule has 1 heterocycles. The molecule has 1 aromatic rings. The van der Waals surface area contributed by atoms with E-state index in [0.29, 0.717) is 61.1 Å². The standard InChI is InChI=1S/C53H81FN2O6S/c1-34(54)39(56-27-29-63(60,61)30-28-56)32-55-52-22-17-36(48(6)23-24-48)43(52)37-15-16-42-49(7)20-18-41(46(2,3)40(49)19-21-51(42,9)50(37,8)25-26-52)53(45(58)59)31-38(47(53,4)5)44(57)62-33-35-13-11-10-12-14-35/h10-14,34,36-43,55H,15-33H2,1-9H3,(H,58,59)/t34-,36+,37+,38-,39+,40+,41-,42+,43+,49+,50+,51+,52-,53+/m0/s1. The van der Waals surface area contributed by atoms with Gasteiger partial charge in [-0.2, -0.15) is 0 Å². The smallest absolute Gasteiger partial charge is 0.310 e. The zero-order chi connectivity index (χ0) is 45.4. The summed E-state index contributed by atoms with van der Waals surface area (Å²) in [5.74, 6) is 1.43. The maximum Gasteiger partial charge on any atom is 0.310 e. The fourth-order valence-electron chi connectivity index (χ4n) is 18.4. The summed E-state index contributed by atoms with van der Waals surface area (Å²) in [4.78, 5) is 29.6. The number of sulfone groups is 1. The number of hydrogen-bond acceptors (Lipinski definition) is 7. The van der Waals surface area contributed by atoms with E-state index in [1.54, 1.807) is 6.92 Å². The molecule has 10 heteroatoms. The number of carboxylic acids is 1. The fraction of sp³-hybridized carbons (Fsp3) is 0.849. The first-order valence-electron chi connectivity index (χ1n) is 25.2. The third kappa shape index (κ3) is 6.73. The average Bonchev–Trinajstić information content (AvgIpc) is 3.84. The predicted molar refractivity (Wildman–Crippen MR) is 246 cm³/mol. The van der Waals surface area contributed by atoms with Crippen molar-refractivity contribution in [3.63, 3.8) is 0 Å². The maximum absolute atomic E-state index is 15.5. The summed E-state index contributed by atoms with van der Waals surface area (Å²) in [7, 11) is -3.05. The Morgan fingerprint density at radius 3 is 2.10 bits per heavy atom. The van der Waals surface area contributed by atoms with Gasteiger partial charge in [-0.05, 0) is 164 Å². The number of alkyl halides is 1. The van der Waals surface area contributed by atoms with Crippen LogP contribution in [0.1, 0.15) is 151 Å². The third-order valence-corrected chi connectivity index (χ3v) is 24.1. The van der Waals surface area contributed by atoms with E-state index in [1.807, 2.05) is 44.2 Å². The molecule has 8 aliphatic rings. The van der Waals surface area contributed by atoms with E-state index in [2.05, 4.69) is 51.8 Å². The van der Waals surface area contributed by atoms with Crippen molar-refractivity contribution in [2.75, 3.05) is 31.1 Å². The van der Waals surface area contributed by atoms with E-state index >= 15 is 4.39 Å². The molecule has 0 spiro atoms. The highest BCUT2D eigenvalue weighted by molar-refractivity contribution is 7.91. The van der Waals surface area contributed by atoms with E-state index in [0.717, 1.165) is 44.1 Å². The second-order valence-corrected chi connectivity index (χ2v) is 27.5. The maximum atomic E-state index is 15.5. The number of fused-ring (bicyclic) bond motifs is 7. The lowest BCUT2D eigenvalue weighted by molar-refractivity contribution is -0.268. The first-order chi connectivity index (χ1) is 29.4. The number of benzene rings is 1. The van der Waals surface area contributed by atoms with Crippen LogP contribution in [0, 0.1) is 79.3 Å². The highest BCUT2D eigenvalue weighted by Crippen LogP contribution is 2.80. The molecule has 14 atom stereocenters. The zero-order valence-electron chi connectivity index (χ0n) is 40.2. The van der Waals surface area contributed by atoms with Crippen molar-refractivity contribution in [1.82, 2.24) is 10.2 Å². The van der Waals surface area contributed by atoms with Crippen molar-refractivity contribution in [1.29, 1.82) is 0 Å². The quantitative estimate of drug-likeness (QED) is 0.211. The second kappa shape index (κ2) is 15.2. The molecule has 0 radical (unpaired) electrons. The minimum Gasteiger partial charge on any atom is -0.481 e. The lowest BCUT2D eigenvalue weighted by atomic mass is 9.29. The average molecular weight is 893 g/mol. The molecule has 9 rings (SSSR count). The molecular weight excluding hydrogens is 812 g/mol. The molecule has 352 valence electrons. The summed E-state index contributed by atoms with van der Waals surface area (Å²) in [6.07, 6.45) is 13.1. The van der Waals surface area contributed by atoms with Gasteiger partial charge in [0.05, 0.1) is 28.9 Å². The minimum atomic E-state index is -3.05. The van der Waals surface area contributed by atoms with Gasteiger partial charge in [0.25, 0.3) is 0 Å². The number of halogens is 1. The Kier molecular flexibility index (Phi) is 11.1. The van der Waals surface area contributed by atoms with Crippen molar-refractivity contribution < 1.29 is 32.2 Å². The summed E-state index contributed by atoms with van der Waals surface area (Å²) >= 11 is 0. The second-order valence-electron chi connectivity index (χ2n) is 25.2. The molecule has 7 saturated carbocycles. The number of rotatable bonds is 11. The molecule has 8 nitrogen and oxygen atoms in total. The molecular formula is C53H81FN2O6S. The molecule has 7 aliphatic carbocycles. The number of carbonyl (C=O) groups is 2. The van der Waals surface area contributed by atoms with Crippen LogP contribution in [0.2, 0.25) is 0 Å². The van der Waals surface area contributed by atoms with Crippen molar-refractivity contribution in [2.24, 2.45) is 79.3 Å². The zero-order valence-corrected chi connectivity index (χ0v) is 41.1. The van der Waals surface area contributed by atoms with Gasteiger partial charge in [-0.25, -0.2) is 12.8 Å². The van der Waals surface area contributed by atoms with Gasteiger partial charge in [-0.1, -0.05) is 85.7 Å². The van der Waals surface area contributed by atoms with Crippen LogP contribution < -0.4 is 5.32 Å². The highest BCUT2D eigenvalue weighted by Gasteiger charge is 2.77. The first-order valence-corrected chi connectivity index (χ1v) is 27.0. The van der Waals surface area contributed by atoms with Gasteiger partial charge in [0.1, 0.15) is 12.8 Å². The summed E-state index contributed by atoms with van der Waals surface area (Å²) < 4.78 is 46.1. The Bertz CT molecular complexity index is 2040. The van der Waals surface area contributed by atoms with Crippen molar-refractivity contribution in [3.05, 3.63) is 35.9 Å². The van der Waals surface area contributed by atoms with Gasteiger partial charge in [0, 0.05) is 25.2 Å². The molecule has 1 aliphatic heterocycles. The van der Waals surface area contributed by atoms with Crippen LogP contribution in [0.5, 0.6) is 0 Å². The lowest BCUT2D eigenvalue weighted by Crippen LogP contribution is -2.72. The molecule has 2 N–H and O–H groups in total. The Morgan fingerprint density at radius 1 is 0.810 bits per heavy atom. The van der Waals surface area contributed by atoms with Gasteiger partial charge in [0.2, 0.25) is 0 Å². The first kappa shape index (κ1) is 46.1. The Morgan fingerprint density at radius 2 is 1.48 bits per heavy atom. The van der Waals surface area contributed by atoms with Crippen LogP contribution in [0.3, 0.4) is 0 Å². The summed E-state index contributed by atoms with van der Waals surface area (Å²) in [6.45, 7) is 22.6. The largest absolute Gasteiger partial charge is 0.481 e. The van der Waals surface area contributed by atoms with E-state index in [-0.39, 0.29) is 63.2 Å².